The van der Waals surface area contributed by atoms with Crippen LogP contribution in [-0.4, -0.2) is 19.9 Å². The summed E-state index contributed by atoms with van der Waals surface area (Å²) in [7, 11) is 0. The maximum absolute atomic E-state index is 14.1. The maximum atomic E-state index is 14.1. The van der Waals surface area contributed by atoms with E-state index in [0.717, 1.165) is 37.8 Å². The summed E-state index contributed by atoms with van der Waals surface area (Å²) in [6.45, 7) is 2.18. The Morgan fingerprint density at radius 3 is 2.68 bits per heavy atom. The van der Waals surface area contributed by atoms with Crippen LogP contribution in [-0.2, 0) is 12.1 Å². The number of hydrogen-bond acceptors (Lipinski definition) is 3. The van der Waals surface area contributed by atoms with Gasteiger partial charge in [0.25, 0.3) is 0 Å². The van der Waals surface area contributed by atoms with Crippen molar-refractivity contribution >= 4 is 0 Å². The van der Waals surface area contributed by atoms with Gasteiger partial charge in [0, 0.05) is 11.6 Å². The Morgan fingerprint density at radius 2 is 2.05 bits per heavy atom. The second-order valence-corrected chi connectivity index (χ2v) is 5.56. The Morgan fingerprint density at radius 1 is 1.23 bits per heavy atom. The summed E-state index contributed by atoms with van der Waals surface area (Å²) < 4.78 is 28.7. The van der Waals surface area contributed by atoms with Crippen LogP contribution in [0.4, 0.5) is 8.78 Å². The Balaban J connectivity index is 2.23. The summed E-state index contributed by atoms with van der Waals surface area (Å²) in [5, 5.41) is 14.9. The lowest BCUT2D eigenvalue weighted by Gasteiger charge is -2.29. The highest BCUT2D eigenvalue weighted by Crippen LogP contribution is 2.31. The standard InChI is InChI=1S/C16H21F2N3O/c1-2-3-4-5-8-16(22,10-21-12-19-11-20-21)14-7-6-13(17)9-15(14)18/h6-7,9,11-12,22H,2-5,8,10H2,1H3. The largest absolute Gasteiger partial charge is 0.383 e. The third kappa shape index (κ3) is 4.10. The van der Waals surface area contributed by atoms with E-state index in [9.17, 15) is 13.9 Å². The Hall–Kier alpha value is -1.82. The van der Waals surface area contributed by atoms with Crippen LogP contribution in [0.2, 0.25) is 0 Å². The van der Waals surface area contributed by atoms with E-state index >= 15 is 0 Å². The summed E-state index contributed by atoms with van der Waals surface area (Å²) in [6, 6.07) is 3.27. The van der Waals surface area contributed by atoms with Crippen molar-refractivity contribution in [3.63, 3.8) is 0 Å². The van der Waals surface area contributed by atoms with E-state index in [-0.39, 0.29) is 12.1 Å². The van der Waals surface area contributed by atoms with E-state index in [0.29, 0.717) is 6.42 Å². The molecule has 2 aromatic rings. The lowest BCUT2D eigenvalue weighted by molar-refractivity contribution is 0.000526. The van der Waals surface area contributed by atoms with Gasteiger partial charge in [-0.25, -0.2) is 18.4 Å². The first-order valence-electron chi connectivity index (χ1n) is 7.55. The molecule has 0 aliphatic rings. The van der Waals surface area contributed by atoms with Gasteiger partial charge in [0.2, 0.25) is 0 Å². The van der Waals surface area contributed by atoms with Gasteiger partial charge in [-0.3, -0.25) is 0 Å². The minimum absolute atomic E-state index is 0.0850. The highest BCUT2D eigenvalue weighted by molar-refractivity contribution is 5.25. The number of aromatic nitrogens is 3. The Labute approximate surface area is 128 Å². The van der Waals surface area contributed by atoms with Crippen LogP contribution >= 0.6 is 0 Å². The Kier molecular flexibility index (Phi) is 5.60. The van der Waals surface area contributed by atoms with E-state index in [4.69, 9.17) is 0 Å². The topological polar surface area (TPSA) is 50.9 Å². The van der Waals surface area contributed by atoms with Gasteiger partial charge in [-0.1, -0.05) is 38.7 Å². The van der Waals surface area contributed by atoms with E-state index in [1.165, 1.54) is 23.4 Å². The molecule has 1 aromatic heterocycles. The van der Waals surface area contributed by atoms with E-state index in [1.807, 2.05) is 0 Å². The molecule has 1 N–H and O–H groups in total. The Bertz CT molecular complexity index is 589. The van der Waals surface area contributed by atoms with Crippen LogP contribution in [0.25, 0.3) is 0 Å². The second kappa shape index (κ2) is 7.45. The molecule has 0 radical (unpaired) electrons. The first kappa shape index (κ1) is 16.5. The van der Waals surface area contributed by atoms with Gasteiger partial charge in [-0.15, -0.1) is 0 Å². The van der Waals surface area contributed by atoms with E-state index in [2.05, 4.69) is 17.0 Å². The van der Waals surface area contributed by atoms with Crippen LogP contribution in [0.1, 0.15) is 44.6 Å². The van der Waals surface area contributed by atoms with E-state index in [1.54, 1.807) is 0 Å². The van der Waals surface area contributed by atoms with Crippen molar-refractivity contribution < 1.29 is 13.9 Å². The zero-order chi connectivity index (χ0) is 16.0. The lowest BCUT2D eigenvalue weighted by Crippen LogP contribution is -2.33. The monoisotopic (exact) mass is 309 g/mol. The molecule has 0 aliphatic heterocycles. The van der Waals surface area contributed by atoms with Crippen molar-refractivity contribution in [3.05, 3.63) is 48.1 Å². The predicted octanol–water partition coefficient (Wildman–Crippen LogP) is 3.41. The number of benzene rings is 1. The molecule has 0 fully saturated rings. The van der Waals surface area contributed by atoms with Crippen molar-refractivity contribution in [2.24, 2.45) is 0 Å². The maximum Gasteiger partial charge on any atom is 0.137 e. The summed E-state index contributed by atoms with van der Waals surface area (Å²) >= 11 is 0. The molecule has 1 atom stereocenters. The molecule has 0 bridgehead atoms. The SMILES string of the molecule is CCCCCCC(O)(Cn1cncn1)c1ccc(F)cc1F. The third-order valence-electron chi connectivity index (χ3n) is 3.77. The van der Waals surface area contributed by atoms with Crippen molar-refractivity contribution in [1.29, 1.82) is 0 Å². The molecule has 1 unspecified atom stereocenters. The van der Waals surface area contributed by atoms with Gasteiger partial charge in [0.05, 0.1) is 6.54 Å². The van der Waals surface area contributed by atoms with Crippen LogP contribution in [0.5, 0.6) is 0 Å². The molecule has 4 nitrogen and oxygen atoms in total. The van der Waals surface area contributed by atoms with Crippen molar-refractivity contribution in [2.75, 3.05) is 0 Å². The first-order chi connectivity index (χ1) is 10.5. The van der Waals surface area contributed by atoms with Gasteiger partial charge >= 0.3 is 0 Å². The fourth-order valence-corrected chi connectivity index (χ4v) is 2.59. The molecule has 1 heterocycles. The molecular weight excluding hydrogens is 288 g/mol. The molecule has 6 heteroatoms. The highest BCUT2D eigenvalue weighted by Gasteiger charge is 2.32. The van der Waals surface area contributed by atoms with Crippen molar-refractivity contribution in [2.45, 2.75) is 51.2 Å². The zero-order valence-electron chi connectivity index (χ0n) is 12.7. The van der Waals surface area contributed by atoms with E-state index < -0.39 is 17.2 Å². The quantitative estimate of drug-likeness (QED) is 0.760. The molecule has 1 aromatic carbocycles. The normalized spacial score (nSPS) is 14.0. The average Bonchev–Trinajstić information content (AvgIpc) is 2.96. The number of nitrogens with zero attached hydrogens (tertiary/aromatic N) is 3. The minimum Gasteiger partial charge on any atom is -0.383 e. The van der Waals surface area contributed by atoms with Gasteiger partial charge < -0.3 is 5.11 Å². The number of rotatable bonds is 8. The predicted molar refractivity (Wildman–Crippen MR) is 79.0 cm³/mol. The fourth-order valence-electron chi connectivity index (χ4n) is 2.59. The molecule has 120 valence electrons. The fraction of sp³-hybridized carbons (Fsp3) is 0.500. The van der Waals surface area contributed by atoms with Gasteiger partial charge in [0.1, 0.15) is 29.9 Å². The van der Waals surface area contributed by atoms with Gasteiger partial charge in [-0.2, -0.15) is 5.10 Å². The molecule has 0 saturated carbocycles. The van der Waals surface area contributed by atoms with Crippen molar-refractivity contribution in [1.82, 2.24) is 14.8 Å². The van der Waals surface area contributed by atoms with Crippen LogP contribution in [0, 0.1) is 11.6 Å². The molecule has 0 amide bonds. The second-order valence-electron chi connectivity index (χ2n) is 5.56. The first-order valence-corrected chi connectivity index (χ1v) is 7.55. The zero-order valence-corrected chi connectivity index (χ0v) is 12.7. The van der Waals surface area contributed by atoms with Crippen molar-refractivity contribution in [3.8, 4) is 0 Å². The summed E-state index contributed by atoms with van der Waals surface area (Å²) in [5.41, 5.74) is -1.33. The molecule has 2 rings (SSSR count). The lowest BCUT2D eigenvalue weighted by atomic mass is 9.87. The molecular formula is C16H21F2N3O. The number of aliphatic hydroxyl groups is 1. The summed E-state index contributed by atoms with van der Waals surface area (Å²) in [4.78, 5) is 3.83. The number of halogens is 2. The summed E-state index contributed by atoms with van der Waals surface area (Å²) in [5.74, 6) is -1.39. The van der Waals surface area contributed by atoms with Gasteiger partial charge in [-0.05, 0) is 12.5 Å². The molecule has 0 spiro atoms. The number of hydrogen-bond donors (Lipinski definition) is 1. The van der Waals surface area contributed by atoms with Crippen LogP contribution in [0.15, 0.2) is 30.9 Å². The molecule has 0 aliphatic carbocycles. The minimum atomic E-state index is -1.43. The average molecular weight is 309 g/mol. The molecule has 0 saturated heterocycles. The smallest absolute Gasteiger partial charge is 0.137 e. The summed E-state index contributed by atoms with van der Waals surface area (Å²) in [6.07, 6.45) is 7.07. The highest BCUT2D eigenvalue weighted by atomic mass is 19.1. The van der Waals surface area contributed by atoms with Crippen LogP contribution in [0.3, 0.4) is 0 Å². The third-order valence-corrected chi connectivity index (χ3v) is 3.77. The van der Waals surface area contributed by atoms with Gasteiger partial charge in [0.15, 0.2) is 0 Å². The molecule has 22 heavy (non-hydrogen) atoms. The van der Waals surface area contributed by atoms with Crippen LogP contribution < -0.4 is 0 Å². The number of unbranched alkanes of at least 4 members (excludes halogenated alkanes) is 3.